The number of nitrogens with one attached hydrogen (secondary N) is 1. The minimum atomic E-state index is -0.683. The van der Waals surface area contributed by atoms with Crippen LogP contribution in [0.5, 0.6) is 0 Å². The largest absolute Gasteiger partial charge is 0.366 e. The minimum absolute atomic E-state index is 0.114. The molecule has 5 heteroatoms. The Morgan fingerprint density at radius 3 is 2.40 bits per heavy atom. The second-order valence-electron chi connectivity index (χ2n) is 4.22. The van der Waals surface area contributed by atoms with Gasteiger partial charge in [-0.05, 0) is 23.8 Å². The predicted molar refractivity (Wildman–Crippen MR) is 77.6 cm³/mol. The number of nitrogens with two attached hydrogens (primary N) is 1. The van der Waals surface area contributed by atoms with Crippen LogP contribution in [-0.4, -0.2) is 11.8 Å². The molecule has 0 saturated heterocycles. The number of primary amides is 1. The van der Waals surface area contributed by atoms with Crippen molar-refractivity contribution in [3.8, 4) is 0 Å². The van der Waals surface area contributed by atoms with Gasteiger partial charge >= 0.3 is 0 Å². The Bertz CT molecular complexity index is 642. The predicted octanol–water partition coefficient (Wildman–Crippen LogP) is 2.37. The Balaban J connectivity index is 2.15. The van der Waals surface area contributed by atoms with Crippen molar-refractivity contribution < 1.29 is 9.59 Å². The van der Waals surface area contributed by atoms with Crippen LogP contribution in [0.25, 0.3) is 0 Å². The first-order valence-electron chi connectivity index (χ1n) is 5.99. The van der Waals surface area contributed by atoms with Crippen molar-refractivity contribution in [1.82, 2.24) is 5.32 Å². The molecule has 0 aliphatic rings. The van der Waals surface area contributed by atoms with Gasteiger partial charge in [-0.1, -0.05) is 41.9 Å². The molecule has 0 heterocycles. The van der Waals surface area contributed by atoms with Gasteiger partial charge in [0, 0.05) is 11.6 Å². The molecule has 2 rings (SSSR count). The monoisotopic (exact) mass is 288 g/mol. The average molecular weight is 289 g/mol. The number of amides is 2. The molecule has 0 spiro atoms. The molecule has 0 unspecified atom stereocenters. The van der Waals surface area contributed by atoms with E-state index >= 15 is 0 Å². The van der Waals surface area contributed by atoms with Crippen molar-refractivity contribution >= 4 is 23.4 Å². The lowest BCUT2D eigenvalue weighted by Crippen LogP contribution is -2.26. The van der Waals surface area contributed by atoms with Gasteiger partial charge in [-0.15, -0.1) is 0 Å². The smallest absolute Gasteiger partial charge is 0.252 e. The third-order valence-corrected chi connectivity index (χ3v) is 3.02. The van der Waals surface area contributed by atoms with Crippen LogP contribution in [-0.2, 0) is 6.54 Å². The van der Waals surface area contributed by atoms with Gasteiger partial charge in [0.2, 0.25) is 5.91 Å². The van der Waals surface area contributed by atoms with Crippen molar-refractivity contribution in [2.45, 2.75) is 6.54 Å². The molecule has 0 atom stereocenters. The van der Waals surface area contributed by atoms with Crippen LogP contribution < -0.4 is 11.1 Å². The van der Waals surface area contributed by atoms with E-state index in [0.717, 1.165) is 5.56 Å². The summed E-state index contributed by atoms with van der Waals surface area (Å²) in [7, 11) is 0. The second-order valence-corrected chi connectivity index (χ2v) is 4.66. The molecule has 20 heavy (non-hydrogen) atoms. The highest BCUT2D eigenvalue weighted by atomic mass is 35.5. The summed E-state index contributed by atoms with van der Waals surface area (Å²) < 4.78 is 0. The van der Waals surface area contributed by atoms with Gasteiger partial charge in [0.1, 0.15) is 0 Å². The second kappa shape index (κ2) is 6.21. The first-order valence-corrected chi connectivity index (χ1v) is 6.37. The van der Waals surface area contributed by atoms with E-state index in [4.69, 9.17) is 17.3 Å². The van der Waals surface area contributed by atoms with E-state index in [9.17, 15) is 9.59 Å². The molecule has 0 saturated carbocycles. The van der Waals surface area contributed by atoms with Gasteiger partial charge in [0.15, 0.2) is 0 Å². The fourth-order valence-corrected chi connectivity index (χ4v) is 1.96. The van der Waals surface area contributed by atoms with Gasteiger partial charge < -0.3 is 11.1 Å². The summed E-state index contributed by atoms with van der Waals surface area (Å²) in [6.07, 6.45) is 0. The highest BCUT2D eigenvalue weighted by Crippen LogP contribution is 2.16. The molecule has 0 aromatic heterocycles. The molecule has 2 aromatic carbocycles. The Kier molecular flexibility index (Phi) is 4.38. The SMILES string of the molecule is NC(=O)c1cc(Cl)ccc1C(=O)NCc1ccccc1. The normalized spacial score (nSPS) is 10.1. The summed E-state index contributed by atoms with van der Waals surface area (Å²) in [5.74, 6) is -1.04. The molecule has 0 aliphatic carbocycles. The zero-order chi connectivity index (χ0) is 14.5. The number of halogens is 1. The van der Waals surface area contributed by atoms with Gasteiger partial charge in [0.25, 0.3) is 5.91 Å². The highest BCUT2D eigenvalue weighted by molar-refractivity contribution is 6.31. The van der Waals surface area contributed by atoms with Crippen molar-refractivity contribution in [2.75, 3.05) is 0 Å². The standard InChI is InChI=1S/C15H13ClN2O2/c16-11-6-7-12(13(8-11)14(17)19)15(20)18-9-10-4-2-1-3-5-10/h1-8H,9H2,(H2,17,19)(H,18,20). The molecule has 0 radical (unpaired) electrons. The first kappa shape index (κ1) is 14.1. The summed E-state index contributed by atoms with van der Waals surface area (Å²) in [6.45, 7) is 0.375. The molecule has 0 bridgehead atoms. The van der Waals surface area contributed by atoms with Crippen LogP contribution in [0.15, 0.2) is 48.5 Å². The van der Waals surface area contributed by atoms with Crippen molar-refractivity contribution in [2.24, 2.45) is 5.73 Å². The van der Waals surface area contributed by atoms with Crippen LogP contribution in [0.3, 0.4) is 0 Å². The molecule has 3 N–H and O–H groups in total. The summed E-state index contributed by atoms with van der Waals surface area (Å²) in [4.78, 5) is 23.4. The van der Waals surface area contributed by atoms with E-state index < -0.39 is 5.91 Å². The molecule has 2 aromatic rings. The Labute approximate surface area is 121 Å². The van der Waals surface area contributed by atoms with Crippen LogP contribution in [0, 0.1) is 0 Å². The van der Waals surface area contributed by atoms with Crippen molar-refractivity contribution in [3.63, 3.8) is 0 Å². The quantitative estimate of drug-likeness (QED) is 0.906. The Morgan fingerprint density at radius 2 is 1.75 bits per heavy atom. The van der Waals surface area contributed by atoms with E-state index in [1.165, 1.54) is 12.1 Å². The third kappa shape index (κ3) is 3.36. The Morgan fingerprint density at radius 1 is 1.05 bits per heavy atom. The summed E-state index contributed by atoms with van der Waals surface area (Å²) in [6, 6.07) is 13.9. The number of rotatable bonds is 4. The lowest BCUT2D eigenvalue weighted by Gasteiger charge is -2.08. The number of carbonyl (C=O) groups is 2. The van der Waals surface area contributed by atoms with E-state index in [1.54, 1.807) is 6.07 Å². The highest BCUT2D eigenvalue weighted by Gasteiger charge is 2.15. The van der Waals surface area contributed by atoms with Crippen LogP contribution in [0.1, 0.15) is 26.3 Å². The lowest BCUT2D eigenvalue weighted by atomic mass is 10.1. The third-order valence-electron chi connectivity index (χ3n) is 2.79. The molecular weight excluding hydrogens is 276 g/mol. The number of benzene rings is 2. The van der Waals surface area contributed by atoms with E-state index in [1.807, 2.05) is 30.3 Å². The topological polar surface area (TPSA) is 72.2 Å². The molecular formula is C15H13ClN2O2. The molecule has 0 aliphatic heterocycles. The van der Waals surface area contributed by atoms with Gasteiger partial charge in [-0.25, -0.2) is 0 Å². The van der Waals surface area contributed by atoms with Gasteiger partial charge in [-0.3, -0.25) is 9.59 Å². The van der Waals surface area contributed by atoms with E-state index in [-0.39, 0.29) is 17.0 Å². The molecule has 102 valence electrons. The van der Waals surface area contributed by atoms with Gasteiger partial charge in [0.05, 0.1) is 11.1 Å². The molecule has 0 fully saturated rings. The first-order chi connectivity index (χ1) is 9.58. The van der Waals surface area contributed by atoms with Crippen molar-refractivity contribution in [1.29, 1.82) is 0 Å². The summed E-state index contributed by atoms with van der Waals surface area (Å²) >= 11 is 5.80. The maximum atomic E-state index is 12.1. The van der Waals surface area contributed by atoms with Crippen LogP contribution in [0.4, 0.5) is 0 Å². The number of hydrogen-bond donors (Lipinski definition) is 2. The fourth-order valence-electron chi connectivity index (χ4n) is 1.79. The molecule has 4 nitrogen and oxygen atoms in total. The number of hydrogen-bond acceptors (Lipinski definition) is 2. The maximum Gasteiger partial charge on any atom is 0.252 e. The zero-order valence-corrected chi connectivity index (χ0v) is 11.4. The molecule has 2 amide bonds. The lowest BCUT2D eigenvalue weighted by molar-refractivity contribution is 0.0934. The Hall–Kier alpha value is -2.33. The van der Waals surface area contributed by atoms with Crippen molar-refractivity contribution in [3.05, 3.63) is 70.2 Å². The van der Waals surface area contributed by atoms with Gasteiger partial charge in [-0.2, -0.15) is 0 Å². The van der Waals surface area contributed by atoms with Crippen LogP contribution >= 0.6 is 11.6 Å². The minimum Gasteiger partial charge on any atom is -0.366 e. The zero-order valence-electron chi connectivity index (χ0n) is 10.6. The summed E-state index contributed by atoms with van der Waals surface area (Å²) in [5, 5.41) is 3.10. The number of carbonyl (C=O) groups excluding carboxylic acids is 2. The maximum absolute atomic E-state index is 12.1. The van der Waals surface area contributed by atoms with Crippen LogP contribution in [0.2, 0.25) is 5.02 Å². The van der Waals surface area contributed by atoms with E-state index in [2.05, 4.69) is 5.32 Å². The van der Waals surface area contributed by atoms with E-state index in [0.29, 0.717) is 11.6 Å². The fraction of sp³-hybridized carbons (Fsp3) is 0.0667. The summed E-state index contributed by atoms with van der Waals surface area (Å²) in [5.41, 5.74) is 6.55. The average Bonchev–Trinajstić information content (AvgIpc) is 2.45.